The highest BCUT2D eigenvalue weighted by Gasteiger charge is 2.59. The average molecular weight is 386 g/mol. The number of amides is 3. The van der Waals surface area contributed by atoms with Gasteiger partial charge in [0.2, 0.25) is 17.7 Å². The zero-order valence-electron chi connectivity index (χ0n) is 16.0. The predicted molar refractivity (Wildman–Crippen MR) is 110 cm³/mol. The molecule has 0 unspecified atom stereocenters. The minimum absolute atomic E-state index is 0.0933. The number of fused-ring (bicyclic) bond motifs is 5. The number of benzene rings is 2. The molecule has 5 rings (SSSR count). The van der Waals surface area contributed by atoms with Crippen LogP contribution in [0.3, 0.4) is 0 Å². The molecule has 4 atom stereocenters. The van der Waals surface area contributed by atoms with E-state index in [1.54, 1.807) is 24.3 Å². The number of imide groups is 1. The van der Waals surface area contributed by atoms with E-state index in [4.69, 9.17) is 0 Å². The quantitative estimate of drug-likeness (QED) is 0.631. The molecule has 2 aromatic carbocycles. The second-order valence-corrected chi connectivity index (χ2v) is 8.10. The molecule has 0 spiro atoms. The molecule has 2 aromatic rings. The molecule has 146 valence electrons. The van der Waals surface area contributed by atoms with E-state index in [-0.39, 0.29) is 41.4 Å². The van der Waals surface area contributed by atoms with E-state index in [9.17, 15) is 14.4 Å². The fraction of sp³-hybridized carbons (Fsp3) is 0.292. The molecule has 1 saturated carbocycles. The van der Waals surface area contributed by atoms with Crippen LogP contribution in [0.15, 0.2) is 66.7 Å². The maximum absolute atomic E-state index is 13.0. The van der Waals surface area contributed by atoms with Gasteiger partial charge in [-0.2, -0.15) is 0 Å². The molecule has 29 heavy (non-hydrogen) atoms. The van der Waals surface area contributed by atoms with Gasteiger partial charge in [-0.05, 0) is 48.4 Å². The van der Waals surface area contributed by atoms with Crippen LogP contribution >= 0.6 is 0 Å². The molecule has 2 aliphatic carbocycles. The number of nitrogens with zero attached hydrogens (tertiary/aromatic N) is 1. The smallest absolute Gasteiger partial charge is 0.238 e. The monoisotopic (exact) mass is 386 g/mol. The van der Waals surface area contributed by atoms with Crippen molar-refractivity contribution in [2.24, 2.45) is 23.7 Å². The Balaban J connectivity index is 1.28. The van der Waals surface area contributed by atoms with Crippen LogP contribution in [0, 0.1) is 23.7 Å². The van der Waals surface area contributed by atoms with Gasteiger partial charge < -0.3 is 5.32 Å². The number of carbonyl (C=O) groups is 3. The number of aryl methyl sites for hydroxylation is 1. The molecule has 1 saturated heterocycles. The van der Waals surface area contributed by atoms with Crippen LogP contribution in [0.1, 0.15) is 18.4 Å². The van der Waals surface area contributed by atoms with Gasteiger partial charge in [0.25, 0.3) is 0 Å². The van der Waals surface area contributed by atoms with Crippen LogP contribution < -0.4 is 10.2 Å². The summed E-state index contributed by atoms with van der Waals surface area (Å²) in [4.78, 5) is 39.6. The van der Waals surface area contributed by atoms with Crippen molar-refractivity contribution in [3.8, 4) is 0 Å². The van der Waals surface area contributed by atoms with Crippen molar-refractivity contribution in [2.45, 2.75) is 19.3 Å². The van der Waals surface area contributed by atoms with Crippen LogP contribution in [0.2, 0.25) is 0 Å². The van der Waals surface area contributed by atoms with Gasteiger partial charge in [0.1, 0.15) is 0 Å². The standard InChI is InChI=1S/C24H22N2O3/c27-20(12-9-15-5-2-1-3-6-15)25-18-7-4-8-19(14-18)26-23(28)21-16-10-11-17(13-16)22(21)24(26)29/h1-8,10-11,14,16-17,21-22H,9,12-13H2,(H,25,27)/t16-,17+,21-,22-/m0/s1. The molecule has 1 aliphatic heterocycles. The van der Waals surface area contributed by atoms with E-state index >= 15 is 0 Å². The normalized spacial score (nSPS) is 26.8. The van der Waals surface area contributed by atoms with Crippen LogP contribution in [-0.2, 0) is 20.8 Å². The number of hydrogen-bond acceptors (Lipinski definition) is 3. The highest BCUT2D eigenvalue weighted by atomic mass is 16.2. The predicted octanol–water partition coefficient (Wildman–Crippen LogP) is 3.57. The summed E-state index contributed by atoms with van der Waals surface area (Å²) < 4.78 is 0. The molecule has 1 N–H and O–H groups in total. The van der Waals surface area contributed by atoms with Gasteiger partial charge in [-0.25, -0.2) is 4.90 Å². The maximum atomic E-state index is 13.0. The second-order valence-electron chi connectivity index (χ2n) is 8.10. The summed E-state index contributed by atoms with van der Waals surface area (Å²) in [6.45, 7) is 0. The van der Waals surface area contributed by atoms with Crippen molar-refractivity contribution in [1.82, 2.24) is 0 Å². The summed E-state index contributed by atoms with van der Waals surface area (Å²) in [5, 5.41) is 2.89. The van der Waals surface area contributed by atoms with E-state index < -0.39 is 0 Å². The summed E-state index contributed by atoms with van der Waals surface area (Å²) in [6, 6.07) is 16.9. The number of nitrogens with one attached hydrogen (secondary N) is 1. The van der Waals surface area contributed by atoms with Crippen molar-refractivity contribution >= 4 is 29.1 Å². The molecule has 5 nitrogen and oxygen atoms in total. The molecule has 1 heterocycles. The minimum atomic E-state index is -0.221. The Bertz CT molecular complexity index is 984. The van der Waals surface area contributed by atoms with E-state index in [1.807, 2.05) is 30.3 Å². The van der Waals surface area contributed by atoms with Gasteiger partial charge in [-0.15, -0.1) is 0 Å². The van der Waals surface area contributed by atoms with E-state index in [2.05, 4.69) is 17.5 Å². The zero-order valence-corrected chi connectivity index (χ0v) is 16.0. The summed E-state index contributed by atoms with van der Waals surface area (Å²) in [5.41, 5.74) is 2.24. The topological polar surface area (TPSA) is 66.5 Å². The number of hydrogen-bond donors (Lipinski definition) is 1. The lowest BCUT2D eigenvalue weighted by Gasteiger charge is -2.18. The lowest BCUT2D eigenvalue weighted by atomic mass is 9.85. The first-order valence-corrected chi connectivity index (χ1v) is 10.1. The SMILES string of the molecule is O=C(CCc1ccccc1)Nc1cccc(N2C(=O)[C@@H]3[C@@H](C2=O)[C@H]2C=C[C@@H]3C2)c1. The first kappa shape index (κ1) is 17.9. The van der Waals surface area contributed by atoms with Gasteiger partial charge in [0.15, 0.2) is 0 Å². The molecular formula is C24H22N2O3. The number of carbonyl (C=O) groups excluding carboxylic acids is 3. The third-order valence-corrected chi connectivity index (χ3v) is 6.34. The van der Waals surface area contributed by atoms with Crippen molar-refractivity contribution in [3.05, 3.63) is 72.3 Å². The highest BCUT2D eigenvalue weighted by molar-refractivity contribution is 6.23. The first-order valence-electron chi connectivity index (χ1n) is 10.1. The van der Waals surface area contributed by atoms with Gasteiger partial charge in [0, 0.05) is 12.1 Å². The Morgan fingerprint density at radius 3 is 2.31 bits per heavy atom. The molecule has 5 heteroatoms. The molecule has 2 bridgehead atoms. The Hall–Kier alpha value is -3.21. The molecule has 3 aliphatic rings. The van der Waals surface area contributed by atoms with Crippen molar-refractivity contribution in [1.29, 1.82) is 0 Å². The summed E-state index contributed by atoms with van der Waals surface area (Å²) in [6.07, 6.45) is 6.12. The van der Waals surface area contributed by atoms with Crippen LogP contribution in [0.4, 0.5) is 11.4 Å². The summed E-state index contributed by atoms with van der Waals surface area (Å²) in [5.74, 6) is -0.374. The Labute approximate surface area is 169 Å². The minimum Gasteiger partial charge on any atom is -0.326 e. The maximum Gasteiger partial charge on any atom is 0.238 e. The molecule has 3 amide bonds. The molecule has 2 fully saturated rings. The third kappa shape index (κ3) is 3.07. The first-order chi connectivity index (χ1) is 14.1. The van der Waals surface area contributed by atoms with Crippen molar-refractivity contribution in [2.75, 3.05) is 10.2 Å². The van der Waals surface area contributed by atoms with Gasteiger partial charge in [-0.3, -0.25) is 14.4 Å². The van der Waals surface area contributed by atoms with Crippen LogP contribution in [-0.4, -0.2) is 17.7 Å². The largest absolute Gasteiger partial charge is 0.326 e. The molecular weight excluding hydrogens is 364 g/mol. The Kier molecular flexibility index (Phi) is 4.31. The lowest BCUT2D eigenvalue weighted by Crippen LogP contribution is -2.32. The summed E-state index contributed by atoms with van der Waals surface area (Å²) in [7, 11) is 0. The second kappa shape index (κ2) is 6.99. The average Bonchev–Trinajstić information content (AvgIpc) is 3.41. The van der Waals surface area contributed by atoms with Gasteiger partial charge in [0.05, 0.1) is 17.5 Å². The van der Waals surface area contributed by atoms with Crippen molar-refractivity contribution in [3.63, 3.8) is 0 Å². The fourth-order valence-electron chi connectivity index (χ4n) is 5.01. The van der Waals surface area contributed by atoms with E-state index in [0.29, 0.717) is 24.2 Å². The Morgan fingerprint density at radius 1 is 0.931 bits per heavy atom. The molecule has 0 radical (unpaired) electrons. The Morgan fingerprint density at radius 2 is 1.62 bits per heavy atom. The van der Waals surface area contributed by atoms with Gasteiger partial charge >= 0.3 is 0 Å². The summed E-state index contributed by atoms with van der Waals surface area (Å²) >= 11 is 0. The van der Waals surface area contributed by atoms with E-state index in [1.165, 1.54) is 4.90 Å². The van der Waals surface area contributed by atoms with Crippen LogP contribution in [0.5, 0.6) is 0 Å². The third-order valence-electron chi connectivity index (χ3n) is 6.34. The van der Waals surface area contributed by atoms with Crippen LogP contribution in [0.25, 0.3) is 0 Å². The van der Waals surface area contributed by atoms with Crippen molar-refractivity contribution < 1.29 is 14.4 Å². The lowest BCUT2D eigenvalue weighted by molar-refractivity contribution is -0.123. The number of anilines is 2. The number of allylic oxidation sites excluding steroid dienone is 2. The van der Waals surface area contributed by atoms with E-state index in [0.717, 1.165) is 12.0 Å². The highest BCUT2D eigenvalue weighted by Crippen LogP contribution is 2.53. The fourth-order valence-corrected chi connectivity index (χ4v) is 5.01. The number of rotatable bonds is 5. The molecule has 0 aromatic heterocycles. The van der Waals surface area contributed by atoms with Gasteiger partial charge in [-0.1, -0.05) is 48.6 Å². The zero-order chi connectivity index (χ0) is 20.0.